The number of furan rings is 1. The van der Waals surface area contributed by atoms with E-state index in [1.807, 2.05) is 13.0 Å². The van der Waals surface area contributed by atoms with Crippen molar-refractivity contribution in [3.05, 3.63) is 59.3 Å². The number of aliphatic hydroxyl groups is 1. The predicted molar refractivity (Wildman–Crippen MR) is 86.9 cm³/mol. The van der Waals surface area contributed by atoms with Crippen molar-refractivity contribution in [2.45, 2.75) is 44.4 Å². The fraction of sp³-hybridized carbons (Fsp3) is 0.389. The molecule has 0 saturated heterocycles. The first-order chi connectivity index (χ1) is 11.5. The molecule has 1 aliphatic rings. The highest BCUT2D eigenvalue weighted by atomic mass is 19.1. The van der Waals surface area contributed by atoms with Crippen molar-refractivity contribution in [1.29, 1.82) is 0 Å². The molecular formula is C18H21FN2O3. The molecule has 0 unspecified atom stereocenters. The molecule has 3 N–H and O–H groups in total. The van der Waals surface area contributed by atoms with Crippen LogP contribution < -0.4 is 10.6 Å². The zero-order chi connectivity index (χ0) is 17.1. The van der Waals surface area contributed by atoms with Gasteiger partial charge in [-0.25, -0.2) is 9.18 Å². The van der Waals surface area contributed by atoms with E-state index in [9.17, 15) is 14.3 Å². The fourth-order valence-electron chi connectivity index (χ4n) is 3.17. The molecule has 6 heteroatoms. The van der Waals surface area contributed by atoms with Gasteiger partial charge in [0.1, 0.15) is 17.7 Å². The van der Waals surface area contributed by atoms with Crippen molar-refractivity contribution in [3.63, 3.8) is 0 Å². The monoisotopic (exact) mass is 332 g/mol. The highest BCUT2D eigenvalue weighted by Crippen LogP contribution is 2.32. The van der Waals surface area contributed by atoms with Crippen LogP contribution in [0.25, 0.3) is 0 Å². The molecule has 3 atom stereocenters. The standard InChI is InChI=1S/C18H21FN2O3/c1-11(10-16(22)17-6-3-9-24-17)20-18(23)21-15-8-7-12-13(15)4-2-5-14(12)19/h2-6,9,11,15-16,22H,7-8,10H2,1H3,(H2,20,21,23)/t11-,15-,16+/m1/s1. The quantitative estimate of drug-likeness (QED) is 0.787. The molecule has 1 aliphatic carbocycles. The summed E-state index contributed by atoms with van der Waals surface area (Å²) < 4.78 is 18.9. The Balaban J connectivity index is 1.52. The number of benzene rings is 1. The Kier molecular flexibility index (Phi) is 4.85. The minimum absolute atomic E-state index is 0.183. The third kappa shape index (κ3) is 3.59. The van der Waals surface area contributed by atoms with Crippen LogP contribution in [0.4, 0.5) is 9.18 Å². The molecule has 5 nitrogen and oxygen atoms in total. The van der Waals surface area contributed by atoms with Crippen molar-refractivity contribution in [2.75, 3.05) is 0 Å². The molecule has 1 aromatic carbocycles. The summed E-state index contributed by atoms with van der Waals surface area (Å²) in [6, 6.07) is 7.61. The van der Waals surface area contributed by atoms with Gasteiger partial charge in [-0.05, 0) is 49.1 Å². The number of carbonyl (C=O) groups is 1. The van der Waals surface area contributed by atoms with Crippen LogP contribution in [0, 0.1) is 5.82 Å². The van der Waals surface area contributed by atoms with Gasteiger partial charge in [-0.2, -0.15) is 0 Å². The first-order valence-electron chi connectivity index (χ1n) is 8.10. The normalized spacial score (nSPS) is 18.7. The minimum atomic E-state index is -0.767. The van der Waals surface area contributed by atoms with E-state index in [1.165, 1.54) is 12.3 Å². The van der Waals surface area contributed by atoms with E-state index in [1.54, 1.807) is 18.2 Å². The van der Waals surface area contributed by atoms with Crippen molar-refractivity contribution in [2.24, 2.45) is 0 Å². The summed E-state index contributed by atoms with van der Waals surface area (Å²) in [6.07, 6.45) is 2.39. The Morgan fingerprint density at radius 3 is 3.00 bits per heavy atom. The molecule has 0 saturated carbocycles. The third-order valence-corrected chi connectivity index (χ3v) is 4.34. The van der Waals surface area contributed by atoms with Crippen LogP contribution in [0.3, 0.4) is 0 Å². The Bertz CT molecular complexity index is 702. The van der Waals surface area contributed by atoms with Gasteiger partial charge in [0.05, 0.1) is 12.3 Å². The van der Waals surface area contributed by atoms with E-state index < -0.39 is 6.10 Å². The van der Waals surface area contributed by atoms with Crippen LogP contribution in [0.15, 0.2) is 41.0 Å². The average molecular weight is 332 g/mol. The van der Waals surface area contributed by atoms with E-state index in [0.29, 0.717) is 30.6 Å². The predicted octanol–water partition coefficient (Wildman–Crippen LogP) is 3.22. The molecule has 1 heterocycles. The van der Waals surface area contributed by atoms with Crippen LogP contribution >= 0.6 is 0 Å². The molecular weight excluding hydrogens is 311 g/mol. The molecule has 128 valence electrons. The molecule has 2 aromatic rings. The number of aliphatic hydroxyl groups excluding tert-OH is 1. The summed E-state index contributed by atoms with van der Waals surface area (Å²) in [5.41, 5.74) is 1.53. The molecule has 3 rings (SSSR count). The molecule has 24 heavy (non-hydrogen) atoms. The van der Waals surface area contributed by atoms with Gasteiger partial charge in [-0.1, -0.05) is 12.1 Å². The summed E-state index contributed by atoms with van der Waals surface area (Å²) in [6.45, 7) is 1.81. The van der Waals surface area contributed by atoms with Crippen molar-refractivity contribution >= 4 is 6.03 Å². The van der Waals surface area contributed by atoms with E-state index >= 15 is 0 Å². The smallest absolute Gasteiger partial charge is 0.315 e. The minimum Gasteiger partial charge on any atom is -0.467 e. The average Bonchev–Trinajstić information content (AvgIpc) is 3.18. The number of hydrogen-bond acceptors (Lipinski definition) is 3. The zero-order valence-corrected chi connectivity index (χ0v) is 13.5. The molecule has 0 bridgehead atoms. The van der Waals surface area contributed by atoms with Crippen LogP contribution in [0.5, 0.6) is 0 Å². The van der Waals surface area contributed by atoms with Crippen LogP contribution in [0.2, 0.25) is 0 Å². The second-order valence-corrected chi connectivity index (χ2v) is 6.18. The van der Waals surface area contributed by atoms with Crippen LogP contribution in [-0.2, 0) is 6.42 Å². The van der Waals surface area contributed by atoms with E-state index in [4.69, 9.17) is 4.42 Å². The number of carbonyl (C=O) groups excluding carboxylic acids is 1. The largest absolute Gasteiger partial charge is 0.467 e. The number of rotatable bonds is 5. The summed E-state index contributed by atoms with van der Waals surface area (Å²) in [5, 5.41) is 15.7. The number of amides is 2. The highest BCUT2D eigenvalue weighted by Gasteiger charge is 2.26. The molecule has 0 spiro atoms. The van der Waals surface area contributed by atoms with Gasteiger partial charge < -0.3 is 20.2 Å². The number of urea groups is 1. The lowest BCUT2D eigenvalue weighted by Crippen LogP contribution is -2.42. The summed E-state index contributed by atoms with van der Waals surface area (Å²) in [4.78, 5) is 12.2. The van der Waals surface area contributed by atoms with Crippen molar-refractivity contribution in [1.82, 2.24) is 10.6 Å². The van der Waals surface area contributed by atoms with Crippen LogP contribution in [-0.4, -0.2) is 17.2 Å². The maximum atomic E-state index is 13.7. The zero-order valence-electron chi connectivity index (χ0n) is 13.5. The molecule has 1 aromatic heterocycles. The summed E-state index contributed by atoms with van der Waals surface area (Å²) in [7, 11) is 0. The van der Waals surface area contributed by atoms with Gasteiger partial charge in [-0.15, -0.1) is 0 Å². The summed E-state index contributed by atoms with van der Waals surface area (Å²) >= 11 is 0. The Hall–Kier alpha value is -2.34. The number of fused-ring (bicyclic) bond motifs is 1. The van der Waals surface area contributed by atoms with E-state index in [-0.39, 0.29) is 23.9 Å². The van der Waals surface area contributed by atoms with Crippen molar-refractivity contribution < 1.29 is 18.7 Å². The Morgan fingerprint density at radius 2 is 2.25 bits per heavy atom. The first-order valence-corrected chi connectivity index (χ1v) is 8.10. The second-order valence-electron chi connectivity index (χ2n) is 6.18. The lowest BCUT2D eigenvalue weighted by atomic mass is 10.1. The summed E-state index contributed by atoms with van der Waals surface area (Å²) in [5.74, 6) is 0.261. The fourth-order valence-corrected chi connectivity index (χ4v) is 3.17. The van der Waals surface area contributed by atoms with Gasteiger partial charge in [0.15, 0.2) is 0 Å². The maximum Gasteiger partial charge on any atom is 0.315 e. The molecule has 0 radical (unpaired) electrons. The second kappa shape index (κ2) is 7.05. The topological polar surface area (TPSA) is 74.5 Å². The number of hydrogen-bond donors (Lipinski definition) is 3. The Labute approximate surface area is 139 Å². The maximum absolute atomic E-state index is 13.7. The van der Waals surface area contributed by atoms with E-state index in [2.05, 4.69) is 10.6 Å². The lowest BCUT2D eigenvalue weighted by molar-refractivity contribution is 0.129. The first kappa shape index (κ1) is 16.5. The lowest BCUT2D eigenvalue weighted by Gasteiger charge is -2.20. The molecule has 2 amide bonds. The number of nitrogens with one attached hydrogen (secondary N) is 2. The highest BCUT2D eigenvalue weighted by molar-refractivity contribution is 5.75. The SMILES string of the molecule is C[C@H](C[C@H](O)c1ccco1)NC(=O)N[C@@H]1CCc2c(F)cccc21. The third-order valence-electron chi connectivity index (χ3n) is 4.34. The molecule has 0 aliphatic heterocycles. The van der Waals surface area contributed by atoms with Gasteiger partial charge in [-0.3, -0.25) is 0 Å². The van der Waals surface area contributed by atoms with Gasteiger partial charge >= 0.3 is 6.03 Å². The Morgan fingerprint density at radius 1 is 1.42 bits per heavy atom. The van der Waals surface area contributed by atoms with E-state index in [0.717, 1.165) is 5.56 Å². The number of halogens is 1. The van der Waals surface area contributed by atoms with Gasteiger partial charge in [0.2, 0.25) is 0 Å². The van der Waals surface area contributed by atoms with Crippen molar-refractivity contribution in [3.8, 4) is 0 Å². The van der Waals surface area contributed by atoms with Gasteiger partial charge in [0, 0.05) is 12.5 Å². The van der Waals surface area contributed by atoms with Gasteiger partial charge in [0.25, 0.3) is 0 Å². The van der Waals surface area contributed by atoms with Crippen LogP contribution in [0.1, 0.15) is 48.8 Å². The molecule has 0 fully saturated rings.